The van der Waals surface area contributed by atoms with Crippen LogP contribution in [0.15, 0.2) is 48.5 Å². The number of nitrogens with one attached hydrogen (secondary N) is 1. The fourth-order valence-electron chi connectivity index (χ4n) is 4.96. The third kappa shape index (κ3) is 4.32. The minimum absolute atomic E-state index is 0.151. The monoisotopic (exact) mass is 490 g/mol. The second kappa shape index (κ2) is 9.22. The molecule has 0 radical (unpaired) electrons. The van der Waals surface area contributed by atoms with Crippen LogP contribution < -0.4 is 19.7 Å². The summed E-state index contributed by atoms with van der Waals surface area (Å²) in [4.78, 5) is 36.4. The molecule has 3 heterocycles. The molecule has 6 rings (SSSR count). The van der Waals surface area contributed by atoms with E-state index in [1.807, 2.05) is 23.1 Å². The number of fused-ring (bicyclic) bond motifs is 2. The molecule has 1 aromatic heterocycles. The fraction of sp³-hybridized carbons (Fsp3) is 0.346. The molecule has 3 aliphatic rings. The Morgan fingerprint density at radius 1 is 1.00 bits per heavy atom. The molecular formula is C26H26N4O4S. The summed E-state index contributed by atoms with van der Waals surface area (Å²) in [5.41, 5.74) is 2.51. The van der Waals surface area contributed by atoms with Crippen LogP contribution in [0, 0.1) is 0 Å². The molecule has 1 fully saturated rings. The van der Waals surface area contributed by atoms with Gasteiger partial charge in [0.25, 0.3) is 5.91 Å². The van der Waals surface area contributed by atoms with Crippen molar-refractivity contribution >= 4 is 34.0 Å². The van der Waals surface area contributed by atoms with Gasteiger partial charge in [-0.15, -0.1) is 11.3 Å². The molecular weight excluding hydrogens is 464 g/mol. The summed E-state index contributed by atoms with van der Waals surface area (Å²) < 4.78 is 10.7. The van der Waals surface area contributed by atoms with E-state index in [1.54, 1.807) is 18.2 Å². The van der Waals surface area contributed by atoms with E-state index in [-0.39, 0.29) is 24.5 Å². The van der Waals surface area contributed by atoms with Crippen molar-refractivity contribution in [3.8, 4) is 11.5 Å². The number of aryl methyl sites for hydroxylation is 1. The molecule has 9 heteroatoms. The van der Waals surface area contributed by atoms with Crippen LogP contribution >= 0.6 is 11.3 Å². The molecule has 1 saturated heterocycles. The summed E-state index contributed by atoms with van der Waals surface area (Å²) in [6.45, 7) is 3.22. The minimum Gasteiger partial charge on any atom is -0.454 e. The fourth-order valence-corrected chi connectivity index (χ4v) is 6.02. The molecule has 1 aliphatic carbocycles. The number of anilines is 2. The van der Waals surface area contributed by atoms with Crippen LogP contribution in [0.2, 0.25) is 0 Å². The zero-order valence-corrected chi connectivity index (χ0v) is 20.1. The van der Waals surface area contributed by atoms with Gasteiger partial charge in [0, 0.05) is 42.3 Å². The van der Waals surface area contributed by atoms with Gasteiger partial charge < -0.3 is 19.3 Å². The number of amides is 2. The highest BCUT2D eigenvalue weighted by Crippen LogP contribution is 2.38. The van der Waals surface area contributed by atoms with Crippen molar-refractivity contribution in [2.45, 2.75) is 25.2 Å². The number of hydrogen-bond acceptors (Lipinski definition) is 7. The number of thiazole rings is 1. The Morgan fingerprint density at radius 3 is 2.63 bits per heavy atom. The first-order chi connectivity index (χ1) is 17.2. The van der Waals surface area contributed by atoms with Crippen LogP contribution in [-0.4, -0.2) is 54.7 Å². The second-order valence-electron chi connectivity index (χ2n) is 8.94. The van der Waals surface area contributed by atoms with Gasteiger partial charge in [0.2, 0.25) is 12.7 Å². The van der Waals surface area contributed by atoms with Gasteiger partial charge in [-0.05, 0) is 49.6 Å². The van der Waals surface area contributed by atoms with Crippen LogP contribution in [0.5, 0.6) is 11.5 Å². The molecule has 1 atom stereocenters. The SMILES string of the molecule is O=C(Nc1nc2c(s1)CCCC2C(=O)N1CCN(c2ccccc2)CC1)c1ccc2c(c1)OCO2. The highest BCUT2D eigenvalue weighted by molar-refractivity contribution is 7.16. The molecule has 2 aromatic carbocycles. The van der Waals surface area contributed by atoms with Gasteiger partial charge in [0.15, 0.2) is 16.6 Å². The normalized spacial score (nSPS) is 18.8. The van der Waals surface area contributed by atoms with Gasteiger partial charge in [-0.1, -0.05) is 18.2 Å². The Balaban J connectivity index is 1.13. The average Bonchev–Trinajstić information content (AvgIpc) is 3.54. The summed E-state index contributed by atoms with van der Waals surface area (Å²) >= 11 is 1.47. The van der Waals surface area contributed by atoms with Crippen molar-refractivity contribution in [2.24, 2.45) is 0 Å². The maximum atomic E-state index is 13.5. The standard InChI is InChI=1S/C26H26N4O4S/c31-24(17-9-10-20-21(15-17)34-16-33-20)28-26-27-23-19(7-4-8-22(23)35-26)25(32)30-13-11-29(12-14-30)18-5-2-1-3-6-18/h1-3,5-6,9-10,15,19H,4,7-8,11-14,16H2,(H,27,28,31). The number of rotatable bonds is 4. The molecule has 0 spiro atoms. The maximum Gasteiger partial charge on any atom is 0.257 e. The molecule has 0 bridgehead atoms. The summed E-state index contributed by atoms with van der Waals surface area (Å²) in [5, 5.41) is 3.44. The quantitative estimate of drug-likeness (QED) is 0.597. The molecule has 8 nitrogen and oxygen atoms in total. The Labute approximate surface area is 207 Å². The first kappa shape index (κ1) is 21.9. The molecule has 2 amide bonds. The van der Waals surface area contributed by atoms with Crippen LogP contribution in [0.3, 0.4) is 0 Å². The minimum atomic E-state index is -0.255. The number of hydrogen-bond donors (Lipinski definition) is 1. The molecule has 1 unspecified atom stereocenters. The van der Waals surface area contributed by atoms with Gasteiger partial charge in [0.1, 0.15) is 0 Å². The van der Waals surface area contributed by atoms with E-state index in [2.05, 4.69) is 22.3 Å². The van der Waals surface area contributed by atoms with Crippen LogP contribution in [-0.2, 0) is 11.2 Å². The zero-order valence-electron chi connectivity index (χ0n) is 19.2. The third-order valence-electron chi connectivity index (χ3n) is 6.82. The van der Waals surface area contributed by atoms with Crippen LogP contribution in [0.4, 0.5) is 10.8 Å². The van der Waals surface area contributed by atoms with Crippen molar-refractivity contribution in [3.05, 3.63) is 64.7 Å². The summed E-state index contributed by atoms with van der Waals surface area (Å²) in [5.74, 6) is 0.854. The first-order valence-corrected chi connectivity index (χ1v) is 12.8. The van der Waals surface area contributed by atoms with E-state index in [0.717, 1.165) is 42.9 Å². The average molecular weight is 491 g/mol. The van der Waals surface area contributed by atoms with E-state index < -0.39 is 0 Å². The highest BCUT2D eigenvalue weighted by atomic mass is 32.1. The van der Waals surface area contributed by atoms with Gasteiger partial charge in [-0.25, -0.2) is 4.98 Å². The van der Waals surface area contributed by atoms with Crippen molar-refractivity contribution in [3.63, 3.8) is 0 Å². The smallest absolute Gasteiger partial charge is 0.257 e. The lowest BCUT2D eigenvalue weighted by molar-refractivity contribution is -0.133. The van der Waals surface area contributed by atoms with Gasteiger partial charge in [-0.3, -0.25) is 14.9 Å². The second-order valence-corrected chi connectivity index (χ2v) is 10.0. The molecule has 0 saturated carbocycles. The topological polar surface area (TPSA) is 84.0 Å². The largest absolute Gasteiger partial charge is 0.454 e. The Hall–Kier alpha value is -3.59. The summed E-state index contributed by atoms with van der Waals surface area (Å²) in [6, 6.07) is 15.4. The molecule has 3 aromatic rings. The Bertz CT molecular complexity index is 1250. The van der Waals surface area contributed by atoms with E-state index in [4.69, 9.17) is 14.5 Å². The lowest BCUT2D eigenvalue weighted by Crippen LogP contribution is -2.50. The van der Waals surface area contributed by atoms with Crippen molar-refractivity contribution < 1.29 is 19.1 Å². The van der Waals surface area contributed by atoms with E-state index >= 15 is 0 Å². The van der Waals surface area contributed by atoms with Crippen LogP contribution in [0.25, 0.3) is 0 Å². The first-order valence-electron chi connectivity index (χ1n) is 11.9. The van der Waals surface area contributed by atoms with Gasteiger partial charge >= 0.3 is 0 Å². The lowest BCUT2D eigenvalue weighted by Gasteiger charge is -2.38. The number of carbonyl (C=O) groups excluding carboxylic acids is 2. The van der Waals surface area contributed by atoms with Gasteiger partial charge in [-0.2, -0.15) is 0 Å². The number of ether oxygens (including phenoxy) is 2. The number of nitrogens with zero attached hydrogens (tertiary/aromatic N) is 3. The van der Waals surface area contributed by atoms with Crippen molar-refractivity contribution in [1.29, 1.82) is 0 Å². The van der Waals surface area contributed by atoms with Crippen LogP contribution in [0.1, 0.15) is 39.7 Å². The Kier molecular flexibility index (Phi) is 5.77. The van der Waals surface area contributed by atoms with Crippen molar-refractivity contribution in [2.75, 3.05) is 43.2 Å². The highest BCUT2D eigenvalue weighted by Gasteiger charge is 2.34. The number of aromatic nitrogens is 1. The third-order valence-corrected chi connectivity index (χ3v) is 7.87. The number of benzene rings is 2. The molecule has 2 aliphatic heterocycles. The number of para-hydroxylation sites is 1. The summed E-state index contributed by atoms with van der Waals surface area (Å²) in [7, 11) is 0. The lowest BCUT2D eigenvalue weighted by atomic mass is 9.89. The predicted molar refractivity (Wildman–Crippen MR) is 134 cm³/mol. The molecule has 180 valence electrons. The molecule has 35 heavy (non-hydrogen) atoms. The Morgan fingerprint density at radius 2 is 1.80 bits per heavy atom. The zero-order chi connectivity index (χ0) is 23.8. The predicted octanol–water partition coefficient (Wildman–Crippen LogP) is 3.89. The summed E-state index contributed by atoms with van der Waals surface area (Å²) in [6.07, 6.45) is 2.63. The number of piperazine rings is 1. The number of carbonyl (C=O) groups is 2. The maximum absolute atomic E-state index is 13.5. The molecule has 1 N–H and O–H groups in total. The van der Waals surface area contributed by atoms with Gasteiger partial charge in [0.05, 0.1) is 11.6 Å². The van der Waals surface area contributed by atoms with E-state index in [1.165, 1.54) is 17.0 Å². The van der Waals surface area contributed by atoms with E-state index in [9.17, 15) is 9.59 Å². The van der Waals surface area contributed by atoms with E-state index in [0.29, 0.717) is 35.3 Å². The van der Waals surface area contributed by atoms with Crippen molar-refractivity contribution in [1.82, 2.24) is 9.88 Å².